The van der Waals surface area contributed by atoms with Gasteiger partial charge in [-0.3, -0.25) is 0 Å². The first-order valence-corrected chi connectivity index (χ1v) is 9.61. The molecule has 5 heterocycles. The molecule has 0 bridgehead atoms. The van der Waals surface area contributed by atoms with Gasteiger partial charge in [0.2, 0.25) is 0 Å². The minimum Gasteiger partial charge on any atom is -0.381 e. The highest BCUT2D eigenvalue weighted by Gasteiger charge is 2.41. The number of nitrogen functional groups attached to an aromatic ring is 1. The Hall–Kier alpha value is -2.95. The van der Waals surface area contributed by atoms with E-state index in [4.69, 9.17) is 10.5 Å². The average molecular weight is 419 g/mol. The highest BCUT2D eigenvalue weighted by Crippen LogP contribution is 2.37. The first-order valence-electron chi connectivity index (χ1n) is 9.61. The Morgan fingerprint density at radius 1 is 1.17 bits per heavy atom. The van der Waals surface area contributed by atoms with Crippen LogP contribution in [0.15, 0.2) is 12.3 Å². The Kier molecular flexibility index (Phi) is 3.98. The summed E-state index contributed by atoms with van der Waals surface area (Å²) >= 11 is 0. The number of aromatic nitrogens is 5. The van der Waals surface area contributed by atoms with Gasteiger partial charge in [0.1, 0.15) is 11.4 Å². The maximum Gasteiger partial charge on any atom is 0.266 e. The summed E-state index contributed by atoms with van der Waals surface area (Å²) in [6, 6.07) is 1.19. The predicted molar refractivity (Wildman–Crippen MR) is 104 cm³/mol. The van der Waals surface area contributed by atoms with Gasteiger partial charge in [0, 0.05) is 31.3 Å². The smallest absolute Gasteiger partial charge is 0.266 e. The molecule has 2 aliphatic rings. The molecule has 0 radical (unpaired) electrons. The summed E-state index contributed by atoms with van der Waals surface area (Å²) in [5, 5.41) is 0. The summed E-state index contributed by atoms with van der Waals surface area (Å²) in [5.74, 6) is -2.64. The number of rotatable bonds is 2. The van der Waals surface area contributed by atoms with Gasteiger partial charge in [0.15, 0.2) is 34.4 Å². The van der Waals surface area contributed by atoms with Crippen molar-refractivity contribution in [1.82, 2.24) is 24.5 Å². The van der Waals surface area contributed by atoms with Crippen molar-refractivity contribution in [3.8, 4) is 11.4 Å². The topological polar surface area (TPSA) is 95.0 Å². The number of nitrogens with zero attached hydrogens (tertiary/aromatic N) is 6. The lowest BCUT2D eigenvalue weighted by atomic mass is 10.1. The van der Waals surface area contributed by atoms with Crippen molar-refractivity contribution in [2.24, 2.45) is 0 Å². The average Bonchev–Trinajstić information content (AvgIpc) is 3.24. The van der Waals surface area contributed by atoms with Crippen molar-refractivity contribution in [1.29, 1.82) is 0 Å². The van der Waals surface area contributed by atoms with Crippen molar-refractivity contribution in [3.05, 3.63) is 23.9 Å². The number of halogens is 3. The van der Waals surface area contributed by atoms with Gasteiger partial charge in [0.05, 0.1) is 13.2 Å². The number of imidazole rings is 1. The van der Waals surface area contributed by atoms with Gasteiger partial charge in [-0.25, -0.2) is 33.1 Å². The van der Waals surface area contributed by atoms with E-state index < -0.39 is 23.9 Å². The molecule has 5 rings (SSSR count). The first kappa shape index (κ1) is 19.0. The third-order valence-electron chi connectivity index (χ3n) is 5.49. The zero-order valence-electron chi connectivity index (χ0n) is 16.5. The van der Waals surface area contributed by atoms with Crippen LogP contribution in [0.5, 0.6) is 0 Å². The minimum absolute atomic E-state index is 0.134. The van der Waals surface area contributed by atoms with Crippen LogP contribution in [0.2, 0.25) is 0 Å². The number of fused-ring (bicyclic) bond motifs is 3. The summed E-state index contributed by atoms with van der Waals surface area (Å²) in [7, 11) is 0. The maximum atomic E-state index is 14.0. The van der Waals surface area contributed by atoms with E-state index in [2.05, 4.69) is 19.9 Å². The predicted octanol–water partition coefficient (Wildman–Crippen LogP) is 2.72. The van der Waals surface area contributed by atoms with Crippen molar-refractivity contribution >= 4 is 22.8 Å². The Labute approximate surface area is 169 Å². The van der Waals surface area contributed by atoms with Crippen LogP contribution in [0.1, 0.15) is 26.1 Å². The first-order chi connectivity index (χ1) is 14.1. The summed E-state index contributed by atoms with van der Waals surface area (Å²) < 4.78 is 49.6. The standard InChI is InChI=1S/C19H20F3N7O/c1-18(2)17-25-12-15(28-4-3-19(21,22)9-28)26-14(10-7-11(20)13(23)24-8-10)27-16(12)29(17)5-6-30-18/h7-8H,3-6,9H2,1-2H3,(H2,23,24). The second kappa shape index (κ2) is 6.27. The van der Waals surface area contributed by atoms with E-state index >= 15 is 0 Å². The fraction of sp³-hybridized carbons (Fsp3) is 0.474. The zero-order chi connectivity index (χ0) is 21.3. The van der Waals surface area contributed by atoms with Crippen LogP contribution in [-0.2, 0) is 16.9 Å². The Balaban J connectivity index is 1.75. The molecule has 3 aromatic heterocycles. The van der Waals surface area contributed by atoms with Crippen LogP contribution in [0, 0.1) is 5.82 Å². The van der Waals surface area contributed by atoms with Gasteiger partial charge in [-0.2, -0.15) is 0 Å². The van der Waals surface area contributed by atoms with E-state index in [9.17, 15) is 13.2 Å². The second-order valence-corrected chi connectivity index (χ2v) is 8.11. The lowest BCUT2D eigenvalue weighted by Gasteiger charge is -2.30. The third kappa shape index (κ3) is 2.95. The molecule has 2 N–H and O–H groups in total. The lowest BCUT2D eigenvalue weighted by Crippen LogP contribution is -2.33. The Morgan fingerprint density at radius 3 is 2.67 bits per heavy atom. The normalized spacial score (nSPS) is 20.0. The highest BCUT2D eigenvalue weighted by molar-refractivity contribution is 5.86. The molecule has 0 aliphatic carbocycles. The molecule has 0 amide bonds. The maximum absolute atomic E-state index is 14.0. The molecule has 2 aliphatic heterocycles. The third-order valence-corrected chi connectivity index (χ3v) is 5.49. The SMILES string of the molecule is CC1(C)OCCn2c1nc1c(N3CCC(F)(F)C3)nc(-c3cnc(N)c(F)c3)nc12. The Morgan fingerprint density at radius 2 is 1.97 bits per heavy atom. The fourth-order valence-electron chi connectivity index (χ4n) is 3.95. The molecular weight excluding hydrogens is 399 g/mol. The van der Waals surface area contributed by atoms with Crippen LogP contribution in [-0.4, -0.2) is 50.1 Å². The summed E-state index contributed by atoms with van der Waals surface area (Å²) in [5.41, 5.74) is 6.03. The van der Waals surface area contributed by atoms with Gasteiger partial charge in [-0.1, -0.05) is 0 Å². The molecule has 8 nitrogen and oxygen atoms in total. The molecule has 11 heteroatoms. The van der Waals surface area contributed by atoms with Gasteiger partial charge >= 0.3 is 0 Å². The van der Waals surface area contributed by atoms with E-state index in [0.29, 0.717) is 41.5 Å². The summed E-state index contributed by atoms with van der Waals surface area (Å²) in [4.78, 5) is 19.1. The monoisotopic (exact) mass is 419 g/mol. The van der Waals surface area contributed by atoms with Crippen molar-refractivity contribution in [3.63, 3.8) is 0 Å². The largest absolute Gasteiger partial charge is 0.381 e. The van der Waals surface area contributed by atoms with Crippen LogP contribution >= 0.6 is 0 Å². The quantitative estimate of drug-likeness (QED) is 0.682. The van der Waals surface area contributed by atoms with Crippen molar-refractivity contribution in [2.45, 2.75) is 38.3 Å². The van der Waals surface area contributed by atoms with Gasteiger partial charge in [-0.15, -0.1) is 0 Å². The molecule has 0 unspecified atom stereocenters. The van der Waals surface area contributed by atoms with Crippen LogP contribution < -0.4 is 10.6 Å². The van der Waals surface area contributed by atoms with E-state index in [0.717, 1.165) is 0 Å². The van der Waals surface area contributed by atoms with Crippen molar-refractivity contribution in [2.75, 3.05) is 30.3 Å². The summed E-state index contributed by atoms with van der Waals surface area (Å²) in [6.45, 7) is 4.42. The number of nitrogens with two attached hydrogens (primary N) is 1. The van der Waals surface area contributed by atoms with Crippen LogP contribution in [0.3, 0.4) is 0 Å². The van der Waals surface area contributed by atoms with E-state index in [1.165, 1.54) is 17.2 Å². The number of hydrogen-bond acceptors (Lipinski definition) is 7. The summed E-state index contributed by atoms with van der Waals surface area (Å²) in [6.07, 6.45) is 1.09. The van der Waals surface area contributed by atoms with E-state index in [1.54, 1.807) is 0 Å². The molecule has 0 spiro atoms. The highest BCUT2D eigenvalue weighted by atomic mass is 19.3. The number of ether oxygens (including phenoxy) is 1. The minimum atomic E-state index is -2.81. The van der Waals surface area contributed by atoms with E-state index in [-0.39, 0.29) is 24.6 Å². The molecule has 1 fully saturated rings. The molecule has 30 heavy (non-hydrogen) atoms. The molecular formula is C19H20F3N7O. The molecule has 0 atom stereocenters. The van der Waals surface area contributed by atoms with Crippen LogP contribution in [0.4, 0.5) is 24.8 Å². The number of pyridine rings is 1. The second-order valence-electron chi connectivity index (χ2n) is 8.11. The van der Waals surface area contributed by atoms with Crippen molar-refractivity contribution < 1.29 is 17.9 Å². The molecule has 0 aromatic carbocycles. The molecule has 0 saturated carbocycles. The van der Waals surface area contributed by atoms with E-state index in [1.807, 2.05) is 18.4 Å². The number of anilines is 2. The lowest BCUT2D eigenvalue weighted by molar-refractivity contribution is -0.0530. The fourth-order valence-corrected chi connectivity index (χ4v) is 3.95. The number of alkyl halides is 2. The van der Waals surface area contributed by atoms with Crippen LogP contribution in [0.25, 0.3) is 22.6 Å². The molecule has 3 aromatic rings. The van der Waals surface area contributed by atoms with Gasteiger partial charge in [0.25, 0.3) is 5.92 Å². The Bertz CT molecular complexity index is 1160. The zero-order valence-corrected chi connectivity index (χ0v) is 16.5. The van der Waals surface area contributed by atoms with Gasteiger partial charge < -0.3 is 19.9 Å². The molecule has 158 valence electrons. The molecule has 1 saturated heterocycles. The van der Waals surface area contributed by atoms with Gasteiger partial charge in [-0.05, 0) is 19.9 Å². The number of hydrogen-bond donors (Lipinski definition) is 1.